The van der Waals surface area contributed by atoms with Crippen LogP contribution in [0.3, 0.4) is 0 Å². The third-order valence-corrected chi connectivity index (χ3v) is 2.58. The van der Waals surface area contributed by atoms with Crippen molar-refractivity contribution >= 4 is 27.9 Å². The summed E-state index contributed by atoms with van der Waals surface area (Å²) < 4.78 is 5.77. The second kappa shape index (κ2) is 5.09. The first kappa shape index (κ1) is 11.8. The highest BCUT2D eigenvalue weighted by Crippen LogP contribution is 2.11. The molecule has 1 aromatic heterocycles. The van der Waals surface area contributed by atoms with Gasteiger partial charge in [0.15, 0.2) is 5.82 Å². The van der Waals surface area contributed by atoms with Gasteiger partial charge < -0.3 is 4.52 Å². The molecule has 0 spiro atoms. The first-order valence-electron chi connectivity index (χ1n) is 4.98. The Morgan fingerprint density at radius 2 is 2.12 bits per heavy atom. The maximum atomic E-state index is 11.6. The van der Waals surface area contributed by atoms with Gasteiger partial charge in [-0.3, -0.25) is 10.1 Å². The summed E-state index contributed by atoms with van der Waals surface area (Å²) in [5, 5.41) is 6.12. The predicted molar refractivity (Wildman–Crippen MR) is 65.5 cm³/mol. The second-order valence-corrected chi connectivity index (χ2v) is 4.41. The molecule has 2 aromatic rings. The Hall–Kier alpha value is -1.69. The van der Waals surface area contributed by atoms with E-state index < -0.39 is 0 Å². The fourth-order valence-corrected chi connectivity index (χ4v) is 1.56. The SMILES string of the molecule is Cc1noc(NC(=O)Cc2ccc(Br)cc2)n1. The number of hydrogen-bond acceptors (Lipinski definition) is 4. The van der Waals surface area contributed by atoms with E-state index in [0.29, 0.717) is 5.82 Å². The zero-order chi connectivity index (χ0) is 12.3. The van der Waals surface area contributed by atoms with Crippen molar-refractivity contribution in [2.45, 2.75) is 13.3 Å². The Bertz CT molecular complexity index is 522. The molecule has 0 fully saturated rings. The maximum absolute atomic E-state index is 11.6. The summed E-state index contributed by atoms with van der Waals surface area (Å²) in [6, 6.07) is 7.66. The van der Waals surface area contributed by atoms with Crippen molar-refractivity contribution in [3.8, 4) is 0 Å². The number of rotatable bonds is 3. The Morgan fingerprint density at radius 3 is 2.71 bits per heavy atom. The topological polar surface area (TPSA) is 68.0 Å². The summed E-state index contributed by atoms with van der Waals surface area (Å²) in [5.74, 6) is 0.305. The van der Waals surface area contributed by atoms with Crippen LogP contribution in [-0.4, -0.2) is 16.0 Å². The molecular formula is C11H10BrN3O2. The fraction of sp³-hybridized carbons (Fsp3) is 0.182. The minimum absolute atomic E-state index is 0.129. The molecule has 1 aromatic carbocycles. The highest BCUT2D eigenvalue weighted by atomic mass is 79.9. The van der Waals surface area contributed by atoms with Gasteiger partial charge in [0, 0.05) is 4.47 Å². The lowest BCUT2D eigenvalue weighted by Gasteiger charge is -2.00. The number of halogens is 1. The third kappa shape index (κ3) is 3.39. The normalized spacial score (nSPS) is 10.2. The summed E-state index contributed by atoms with van der Waals surface area (Å²) in [6.45, 7) is 1.69. The van der Waals surface area contributed by atoms with Crippen LogP contribution >= 0.6 is 15.9 Å². The number of hydrogen-bond donors (Lipinski definition) is 1. The fourth-order valence-electron chi connectivity index (χ4n) is 1.30. The number of amides is 1. The van der Waals surface area contributed by atoms with Crippen molar-refractivity contribution in [1.82, 2.24) is 10.1 Å². The highest BCUT2D eigenvalue weighted by Gasteiger charge is 2.08. The van der Waals surface area contributed by atoms with E-state index in [1.54, 1.807) is 6.92 Å². The smallest absolute Gasteiger partial charge is 0.315 e. The Labute approximate surface area is 106 Å². The number of anilines is 1. The van der Waals surface area contributed by atoms with E-state index in [-0.39, 0.29) is 18.3 Å². The van der Waals surface area contributed by atoms with Gasteiger partial charge in [-0.25, -0.2) is 0 Å². The first-order valence-corrected chi connectivity index (χ1v) is 5.77. The molecule has 0 aliphatic carbocycles. The molecule has 0 saturated heterocycles. The van der Waals surface area contributed by atoms with Gasteiger partial charge in [0.1, 0.15) is 0 Å². The van der Waals surface area contributed by atoms with Crippen LogP contribution in [-0.2, 0) is 11.2 Å². The van der Waals surface area contributed by atoms with Crippen LogP contribution in [0, 0.1) is 6.92 Å². The minimum Gasteiger partial charge on any atom is -0.315 e. The molecular weight excluding hydrogens is 286 g/mol. The zero-order valence-corrected chi connectivity index (χ0v) is 10.7. The predicted octanol–water partition coefficient (Wildman–Crippen LogP) is 2.32. The summed E-state index contributed by atoms with van der Waals surface area (Å²) >= 11 is 3.33. The van der Waals surface area contributed by atoms with Crippen molar-refractivity contribution in [1.29, 1.82) is 0 Å². The van der Waals surface area contributed by atoms with E-state index in [9.17, 15) is 4.79 Å². The van der Waals surface area contributed by atoms with Crippen LogP contribution in [0.5, 0.6) is 0 Å². The average Bonchev–Trinajstić information content (AvgIpc) is 2.67. The van der Waals surface area contributed by atoms with E-state index in [4.69, 9.17) is 4.52 Å². The van der Waals surface area contributed by atoms with Crippen molar-refractivity contribution in [2.75, 3.05) is 5.32 Å². The van der Waals surface area contributed by atoms with Gasteiger partial charge in [-0.2, -0.15) is 4.98 Å². The van der Waals surface area contributed by atoms with Gasteiger partial charge in [0.05, 0.1) is 6.42 Å². The van der Waals surface area contributed by atoms with Crippen molar-refractivity contribution < 1.29 is 9.32 Å². The van der Waals surface area contributed by atoms with E-state index in [1.807, 2.05) is 24.3 Å². The largest absolute Gasteiger partial charge is 0.328 e. The molecule has 2 rings (SSSR count). The van der Waals surface area contributed by atoms with E-state index in [0.717, 1.165) is 10.0 Å². The molecule has 0 bridgehead atoms. The van der Waals surface area contributed by atoms with Gasteiger partial charge in [-0.05, 0) is 24.6 Å². The molecule has 0 unspecified atom stereocenters. The molecule has 1 amide bonds. The van der Waals surface area contributed by atoms with Crippen molar-refractivity contribution in [3.63, 3.8) is 0 Å². The second-order valence-electron chi connectivity index (χ2n) is 3.50. The number of carbonyl (C=O) groups is 1. The molecule has 88 valence electrons. The number of aryl methyl sites for hydroxylation is 1. The third-order valence-electron chi connectivity index (χ3n) is 2.05. The number of aromatic nitrogens is 2. The molecule has 0 radical (unpaired) electrons. The number of nitrogens with zero attached hydrogens (tertiary/aromatic N) is 2. The monoisotopic (exact) mass is 295 g/mol. The Morgan fingerprint density at radius 1 is 1.41 bits per heavy atom. The lowest BCUT2D eigenvalue weighted by atomic mass is 10.1. The molecule has 17 heavy (non-hydrogen) atoms. The Balaban J connectivity index is 1.95. The quantitative estimate of drug-likeness (QED) is 0.943. The van der Waals surface area contributed by atoms with E-state index in [2.05, 4.69) is 31.4 Å². The molecule has 1 N–H and O–H groups in total. The van der Waals surface area contributed by atoms with Crippen LogP contribution in [0.15, 0.2) is 33.3 Å². The number of nitrogens with one attached hydrogen (secondary N) is 1. The van der Waals surface area contributed by atoms with E-state index in [1.165, 1.54) is 0 Å². The molecule has 0 saturated carbocycles. The van der Waals surface area contributed by atoms with Gasteiger partial charge >= 0.3 is 6.01 Å². The summed E-state index contributed by atoms with van der Waals surface area (Å²) in [7, 11) is 0. The lowest BCUT2D eigenvalue weighted by molar-refractivity contribution is -0.115. The molecule has 0 aliphatic heterocycles. The highest BCUT2D eigenvalue weighted by molar-refractivity contribution is 9.10. The Kier molecular flexibility index (Phi) is 3.53. The molecule has 1 heterocycles. The van der Waals surface area contributed by atoms with Crippen LogP contribution in [0.1, 0.15) is 11.4 Å². The standard InChI is InChI=1S/C11H10BrN3O2/c1-7-13-11(17-15-7)14-10(16)6-8-2-4-9(12)5-3-8/h2-5H,6H2,1H3,(H,13,14,15,16). The zero-order valence-electron chi connectivity index (χ0n) is 9.11. The van der Waals surface area contributed by atoms with Crippen LogP contribution in [0.25, 0.3) is 0 Å². The average molecular weight is 296 g/mol. The lowest BCUT2D eigenvalue weighted by Crippen LogP contribution is -2.14. The van der Waals surface area contributed by atoms with Crippen LogP contribution < -0.4 is 5.32 Å². The van der Waals surface area contributed by atoms with Crippen molar-refractivity contribution in [2.24, 2.45) is 0 Å². The van der Waals surface area contributed by atoms with Gasteiger partial charge in [-0.15, -0.1) is 0 Å². The molecule has 0 atom stereocenters. The molecule has 6 heteroatoms. The van der Waals surface area contributed by atoms with Crippen LogP contribution in [0.2, 0.25) is 0 Å². The summed E-state index contributed by atoms with van der Waals surface area (Å²) in [6.07, 6.45) is 0.273. The summed E-state index contributed by atoms with van der Waals surface area (Å²) in [4.78, 5) is 15.5. The minimum atomic E-state index is -0.184. The number of benzene rings is 1. The van der Waals surface area contributed by atoms with Crippen LogP contribution in [0.4, 0.5) is 6.01 Å². The van der Waals surface area contributed by atoms with Crippen molar-refractivity contribution in [3.05, 3.63) is 40.1 Å². The van der Waals surface area contributed by atoms with E-state index >= 15 is 0 Å². The van der Waals surface area contributed by atoms with Gasteiger partial charge in [0.2, 0.25) is 5.91 Å². The number of carbonyl (C=O) groups excluding carboxylic acids is 1. The molecule has 5 nitrogen and oxygen atoms in total. The van der Waals surface area contributed by atoms with Gasteiger partial charge in [0.25, 0.3) is 0 Å². The summed E-state index contributed by atoms with van der Waals surface area (Å²) in [5.41, 5.74) is 0.918. The van der Waals surface area contributed by atoms with Gasteiger partial charge in [-0.1, -0.05) is 33.2 Å². The molecule has 0 aliphatic rings. The maximum Gasteiger partial charge on any atom is 0.328 e. The first-order chi connectivity index (χ1) is 8.13.